The largest absolute Gasteiger partial charge is 0.324 e. The summed E-state index contributed by atoms with van der Waals surface area (Å²) >= 11 is 3.47. The Bertz CT molecular complexity index is 491. The number of para-hydroxylation sites is 1. The summed E-state index contributed by atoms with van der Waals surface area (Å²) in [4.78, 5) is 12.4. The number of rotatable bonds is 2. The average Bonchev–Trinajstić information content (AvgIpc) is 2.49. The van der Waals surface area contributed by atoms with Crippen LogP contribution in [0.5, 0.6) is 0 Å². The smallest absolute Gasteiger partial charge is 0.241 e. The van der Waals surface area contributed by atoms with Gasteiger partial charge in [-0.1, -0.05) is 25.0 Å². The van der Waals surface area contributed by atoms with E-state index in [0.29, 0.717) is 6.04 Å². The molecule has 0 aromatic heterocycles. The molecule has 1 aliphatic carbocycles. The van der Waals surface area contributed by atoms with Crippen molar-refractivity contribution in [3.63, 3.8) is 0 Å². The average molecular weight is 337 g/mol. The van der Waals surface area contributed by atoms with Gasteiger partial charge in [0.15, 0.2) is 0 Å². The summed E-state index contributed by atoms with van der Waals surface area (Å²) in [7, 11) is 0. The van der Waals surface area contributed by atoms with Crippen molar-refractivity contribution in [3.8, 4) is 0 Å². The molecule has 0 spiro atoms. The maximum absolute atomic E-state index is 12.4. The van der Waals surface area contributed by atoms with Crippen LogP contribution in [-0.2, 0) is 4.79 Å². The number of halogens is 1. The van der Waals surface area contributed by atoms with E-state index in [1.54, 1.807) is 0 Å². The molecule has 1 heterocycles. The van der Waals surface area contributed by atoms with Crippen LogP contribution in [0.1, 0.15) is 38.5 Å². The van der Waals surface area contributed by atoms with Crippen molar-refractivity contribution >= 4 is 27.5 Å². The molecule has 2 N–H and O–H groups in total. The van der Waals surface area contributed by atoms with Gasteiger partial charge in [0, 0.05) is 10.5 Å². The second kappa shape index (κ2) is 6.27. The summed E-state index contributed by atoms with van der Waals surface area (Å²) in [5, 5.41) is 6.59. The number of hydrogen-bond acceptors (Lipinski definition) is 2. The number of amides is 1. The molecular weight excluding hydrogens is 316 g/mol. The van der Waals surface area contributed by atoms with Gasteiger partial charge >= 0.3 is 0 Å². The SMILES string of the molecule is O=C(Nc1ccccc1Br)C1CCC2CCCCC2N1. The molecule has 2 aliphatic rings. The quantitative estimate of drug-likeness (QED) is 0.864. The fraction of sp³-hybridized carbons (Fsp3) is 0.562. The maximum atomic E-state index is 12.4. The van der Waals surface area contributed by atoms with Gasteiger partial charge in [0.1, 0.15) is 0 Å². The van der Waals surface area contributed by atoms with Crippen molar-refractivity contribution in [3.05, 3.63) is 28.7 Å². The zero-order valence-corrected chi connectivity index (χ0v) is 13.2. The maximum Gasteiger partial charge on any atom is 0.241 e. The number of carbonyl (C=O) groups excluding carboxylic acids is 1. The predicted octanol–water partition coefficient (Wildman–Crippen LogP) is 3.70. The topological polar surface area (TPSA) is 41.1 Å². The summed E-state index contributed by atoms with van der Waals surface area (Å²) in [6.07, 6.45) is 7.35. The number of hydrogen-bond donors (Lipinski definition) is 2. The first-order valence-electron chi connectivity index (χ1n) is 7.55. The molecule has 4 heteroatoms. The third-order valence-corrected chi connectivity index (χ3v) is 5.29. The van der Waals surface area contributed by atoms with Gasteiger partial charge in [0.25, 0.3) is 0 Å². The second-order valence-electron chi connectivity index (χ2n) is 5.92. The van der Waals surface area contributed by atoms with Crippen LogP contribution >= 0.6 is 15.9 Å². The molecule has 1 saturated carbocycles. The van der Waals surface area contributed by atoms with Gasteiger partial charge in [-0.25, -0.2) is 0 Å². The molecule has 2 fully saturated rings. The zero-order valence-electron chi connectivity index (χ0n) is 11.6. The highest BCUT2D eigenvalue weighted by atomic mass is 79.9. The van der Waals surface area contributed by atoms with E-state index < -0.39 is 0 Å². The number of piperidine rings is 1. The number of carbonyl (C=O) groups is 1. The summed E-state index contributed by atoms with van der Waals surface area (Å²) in [5.74, 6) is 0.886. The van der Waals surface area contributed by atoms with Crippen LogP contribution in [0.4, 0.5) is 5.69 Å². The summed E-state index contributed by atoms with van der Waals surface area (Å²) < 4.78 is 0.930. The van der Waals surface area contributed by atoms with Crippen molar-refractivity contribution in [1.82, 2.24) is 5.32 Å². The third kappa shape index (κ3) is 3.07. The number of benzene rings is 1. The lowest BCUT2D eigenvalue weighted by molar-refractivity contribution is -0.119. The number of fused-ring (bicyclic) bond motifs is 1. The van der Waals surface area contributed by atoms with Crippen LogP contribution in [0.2, 0.25) is 0 Å². The van der Waals surface area contributed by atoms with Crippen LogP contribution in [0.3, 0.4) is 0 Å². The Kier molecular flexibility index (Phi) is 4.41. The van der Waals surface area contributed by atoms with Crippen LogP contribution < -0.4 is 10.6 Å². The Balaban J connectivity index is 1.62. The molecule has 1 amide bonds. The molecule has 0 radical (unpaired) electrons. The Morgan fingerprint density at radius 3 is 2.80 bits per heavy atom. The van der Waals surface area contributed by atoms with Crippen LogP contribution in [0.15, 0.2) is 28.7 Å². The van der Waals surface area contributed by atoms with Crippen LogP contribution in [0.25, 0.3) is 0 Å². The molecule has 3 atom stereocenters. The lowest BCUT2D eigenvalue weighted by Crippen LogP contribution is -2.53. The molecule has 1 aromatic carbocycles. The summed E-state index contributed by atoms with van der Waals surface area (Å²) in [6, 6.07) is 8.26. The fourth-order valence-electron chi connectivity index (χ4n) is 3.48. The molecule has 1 aliphatic heterocycles. The number of anilines is 1. The molecular formula is C16H21BrN2O. The Morgan fingerprint density at radius 2 is 1.95 bits per heavy atom. The van der Waals surface area contributed by atoms with Crippen LogP contribution in [0, 0.1) is 5.92 Å². The molecule has 0 bridgehead atoms. The number of nitrogens with one attached hydrogen (secondary N) is 2. The van der Waals surface area contributed by atoms with Crippen molar-refractivity contribution in [1.29, 1.82) is 0 Å². The standard InChI is InChI=1S/C16H21BrN2O/c17-12-6-2-4-8-14(12)19-16(20)15-10-9-11-5-1-3-7-13(11)18-15/h2,4,6,8,11,13,15,18H,1,3,5,7,9-10H2,(H,19,20). The zero-order chi connectivity index (χ0) is 13.9. The highest BCUT2D eigenvalue weighted by Crippen LogP contribution is 2.32. The highest BCUT2D eigenvalue weighted by Gasteiger charge is 2.34. The molecule has 3 unspecified atom stereocenters. The minimum atomic E-state index is -0.0403. The minimum absolute atomic E-state index is 0.0403. The lowest BCUT2D eigenvalue weighted by atomic mass is 9.77. The summed E-state index contributed by atoms with van der Waals surface area (Å²) in [5.41, 5.74) is 0.852. The van der Waals surface area contributed by atoms with Crippen molar-refractivity contribution in [2.24, 2.45) is 5.92 Å². The van der Waals surface area contributed by atoms with Gasteiger partial charge in [-0.15, -0.1) is 0 Å². The Hall–Kier alpha value is -0.870. The molecule has 3 nitrogen and oxygen atoms in total. The predicted molar refractivity (Wildman–Crippen MR) is 84.7 cm³/mol. The molecule has 3 rings (SSSR count). The normalized spacial score (nSPS) is 29.6. The van der Waals surface area contributed by atoms with E-state index in [0.717, 1.165) is 22.5 Å². The van der Waals surface area contributed by atoms with E-state index >= 15 is 0 Å². The lowest BCUT2D eigenvalue weighted by Gasteiger charge is -2.39. The fourth-order valence-corrected chi connectivity index (χ4v) is 3.87. The molecule has 20 heavy (non-hydrogen) atoms. The molecule has 1 aromatic rings. The van der Waals surface area contributed by atoms with E-state index in [4.69, 9.17) is 0 Å². The first-order valence-corrected chi connectivity index (χ1v) is 8.35. The Labute approximate surface area is 128 Å². The van der Waals surface area contributed by atoms with Gasteiger partial charge in [-0.3, -0.25) is 4.79 Å². The van der Waals surface area contributed by atoms with Gasteiger partial charge in [0.05, 0.1) is 11.7 Å². The van der Waals surface area contributed by atoms with Crippen molar-refractivity contribution in [2.75, 3.05) is 5.32 Å². The molecule has 1 saturated heterocycles. The van der Waals surface area contributed by atoms with E-state index in [1.807, 2.05) is 24.3 Å². The van der Waals surface area contributed by atoms with Crippen molar-refractivity contribution < 1.29 is 4.79 Å². The summed E-state index contributed by atoms with van der Waals surface area (Å²) in [6.45, 7) is 0. The van der Waals surface area contributed by atoms with E-state index in [1.165, 1.54) is 32.1 Å². The first-order chi connectivity index (χ1) is 9.74. The van der Waals surface area contributed by atoms with Crippen LogP contribution in [-0.4, -0.2) is 18.0 Å². The third-order valence-electron chi connectivity index (χ3n) is 4.60. The van der Waals surface area contributed by atoms with E-state index in [2.05, 4.69) is 26.6 Å². The first kappa shape index (κ1) is 14.1. The second-order valence-corrected chi connectivity index (χ2v) is 6.77. The van der Waals surface area contributed by atoms with Gasteiger partial charge in [-0.05, 0) is 59.7 Å². The van der Waals surface area contributed by atoms with Crippen molar-refractivity contribution in [2.45, 2.75) is 50.6 Å². The highest BCUT2D eigenvalue weighted by molar-refractivity contribution is 9.10. The van der Waals surface area contributed by atoms with E-state index in [-0.39, 0.29) is 11.9 Å². The monoisotopic (exact) mass is 336 g/mol. The van der Waals surface area contributed by atoms with Gasteiger partial charge < -0.3 is 10.6 Å². The van der Waals surface area contributed by atoms with Gasteiger partial charge in [0.2, 0.25) is 5.91 Å². The molecule has 108 valence electrons. The van der Waals surface area contributed by atoms with Gasteiger partial charge in [-0.2, -0.15) is 0 Å². The minimum Gasteiger partial charge on any atom is -0.324 e. The Morgan fingerprint density at radius 1 is 1.15 bits per heavy atom. The van der Waals surface area contributed by atoms with E-state index in [9.17, 15) is 4.79 Å².